The summed E-state index contributed by atoms with van der Waals surface area (Å²) in [5.41, 5.74) is 0.716. The molecule has 1 saturated carbocycles. The van der Waals surface area contributed by atoms with Crippen molar-refractivity contribution in [2.24, 2.45) is 11.3 Å². The van der Waals surface area contributed by atoms with Crippen LogP contribution in [0.3, 0.4) is 0 Å². The van der Waals surface area contributed by atoms with Crippen molar-refractivity contribution in [3.05, 3.63) is 0 Å². The van der Waals surface area contributed by atoms with Gasteiger partial charge in [0.25, 0.3) is 0 Å². The molecule has 0 aromatic rings. The number of hydrogen-bond donors (Lipinski definition) is 1. The summed E-state index contributed by atoms with van der Waals surface area (Å²) >= 11 is 0. The number of hydrogen-bond acceptors (Lipinski definition) is 2. The Hall–Kier alpha value is -0.0800. The second kappa shape index (κ2) is 5.37. The average Bonchev–Trinajstić information content (AvgIpc) is 2.68. The molecule has 2 fully saturated rings. The van der Waals surface area contributed by atoms with E-state index in [-0.39, 0.29) is 6.10 Å². The Balaban J connectivity index is 2.22. The van der Waals surface area contributed by atoms with E-state index in [2.05, 4.69) is 39.5 Å². The van der Waals surface area contributed by atoms with Gasteiger partial charge in [0.2, 0.25) is 0 Å². The molecule has 2 heteroatoms. The first kappa shape index (κ1) is 15.3. The summed E-state index contributed by atoms with van der Waals surface area (Å²) in [5, 5.41) is 10.1. The van der Waals surface area contributed by atoms with Crippen LogP contribution in [-0.4, -0.2) is 34.2 Å². The first-order valence-electron chi connectivity index (χ1n) is 8.23. The SMILES string of the molecule is CCC(C)(C)C1CCC(O)CC1N1CCCC1(C)C. The predicted octanol–water partition coefficient (Wildman–Crippen LogP) is 3.83. The number of aliphatic hydroxyl groups excluding tert-OH is 1. The van der Waals surface area contributed by atoms with E-state index >= 15 is 0 Å². The molecule has 0 spiro atoms. The fraction of sp³-hybridized carbons (Fsp3) is 1.00. The molecule has 0 aromatic carbocycles. The Morgan fingerprint density at radius 2 is 1.95 bits per heavy atom. The minimum Gasteiger partial charge on any atom is -0.393 e. The highest BCUT2D eigenvalue weighted by Crippen LogP contribution is 2.46. The van der Waals surface area contributed by atoms with Crippen LogP contribution in [0.1, 0.15) is 73.1 Å². The van der Waals surface area contributed by atoms with Crippen molar-refractivity contribution in [2.75, 3.05) is 6.54 Å². The summed E-state index contributed by atoms with van der Waals surface area (Å²) < 4.78 is 0. The van der Waals surface area contributed by atoms with Gasteiger partial charge in [-0.1, -0.05) is 27.2 Å². The van der Waals surface area contributed by atoms with Crippen molar-refractivity contribution in [1.82, 2.24) is 4.90 Å². The Labute approximate surface area is 119 Å². The smallest absolute Gasteiger partial charge is 0.0555 e. The molecule has 1 N–H and O–H groups in total. The summed E-state index contributed by atoms with van der Waals surface area (Å²) in [4.78, 5) is 2.72. The van der Waals surface area contributed by atoms with E-state index in [1.807, 2.05) is 0 Å². The highest BCUT2D eigenvalue weighted by atomic mass is 16.3. The molecule has 112 valence electrons. The Kier molecular flexibility index (Phi) is 4.32. The van der Waals surface area contributed by atoms with Gasteiger partial charge in [-0.3, -0.25) is 4.90 Å². The fourth-order valence-corrected chi connectivity index (χ4v) is 4.39. The molecule has 2 rings (SSSR count). The molecule has 0 radical (unpaired) electrons. The minimum absolute atomic E-state index is 0.0784. The Bertz CT molecular complexity index is 310. The zero-order valence-electron chi connectivity index (χ0n) is 13.6. The Morgan fingerprint density at radius 3 is 2.47 bits per heavy atom. The van der Waals surface area contributed by atoms with Crippen molar-refractivity contribution in [1.29, 1.82) is 0 Å². The standard InChI is InChI=1S/C17H33NO/c1-6-16(2,3)14-9-8-13(19)12-15(14)18-11-7-10-17(18,4)5/h13-15,19H,6-12H2,1-5H3. The third-order valence-corrected chi connectivity index (χ3v) is 6.07. The van der Waals surface area contributed by atoms with Gasteiger partial charge in [-0.2, -0.15) is 0 Å². The van der Waals surface area contributed by atoms with Crippen LogP contribution in [0.5, 0.6) is 0 Å². The van der Waals surface area contributed by atoms with Crippen LogP contribution in [0.15, 0.2) is 0 Å². The van der Waals surface area contributed by atoms with Crippen molar-refractivity contribution in [2.45, 2.75) is 90.8 Å². The first-order chi connectivity index (χ1) is 8.78. The van der Waals surface area contributed by atoms with E-state index in [1.165, 1.54) is 32.2 Å². The lowest BCUT2D eigenvalue weighted by Crippen LogP contribution is -2.54. The lowest BCUT2D eigenvalue weighted by Gasteiger charge is -2.50. The number of nitrogens with zero attached hydrogens (tertiary/aromatic N) is 1. The molecule has 1 saturated heterocycles. The van der Waals surface area contributed by atoms with Crippen molar-refractivity contribution < 1.29 is 5.11 Å². The van der Waals surface area contributed by atoms with Gasteiger partial charge < -0.3 is 5.11 Å². The molecule has 1 aliphatic heterocycles. The van der Waals surface area contributed by atoms with Crippen LogP contribution in [0.2, 0.25) is 0 Å². The average molecular weight is 267 g/mol. The lowest BCUT2D eigenvalue weighted by molar-refractivity contribution is -0.0390. The quantitative estimate of drug-likeness (QED) is 0.840. The zero-order valence-corrected chi connectivity index (χ0v) is 13.6. The van der Waals surface area contributed by atoms with Gasteiger partial charge in [-0.25, -0.2) is 0 Å². The topological polar surface area (TPSA) is 23.5 Å². The van der Waals surface area contributed by atoms with Crippen LogP contribution < -0.4 is 0 Å². The molecule has 1 heterocycles. The Morgan fingerprint density at radius 1 is 1.26 bits per heavy atom. The summed E-state index contributed by atoms with van der Waals surface area (Å²) in [6.07, 6.45) is 6.96. The summed E-state index contributed by atoms with van der Waals surface area (Å²) in [6.45, 7) is 13.2. The summed E-state index contributed by atoms with van der Waals surface area (Å²) in [6, 6.07) is 0.580. The number of likely N-dealkylation sites (tertiary alicyclic amines) is 1. The molecule has 0 aromatic heterocycles. The van der Waals surface area contributed by atoms with Gasteiger partial charge in [-0.05, 0) is 63.8 Å². The summed E-state index contributed by atoms with van der Waals surface area (Å²) in [7, 11) is 0. The monoisotopic (exact) mass is 267 g/mol. The van der Waals surface area contributed by atoms with E-state index < -0.39 is 0 Å². The highest BCUT2D eigenvalue weighted by Gasteiger charge is 2.46. The molecule has 3 atom stereocenters. The van der Waals surface area contributed by atoms with E-state index in [0.717, 1.165) is 18.8 Å². The predicted molar refractivity (Wildman–Crippen MR) is 81.2 cm³/mol. The van der Waals surface area contributed by atoms with Crippen molar-refractivity contribution >= 4 is 0 Å². The second-order valence-electron chi connectivity index (χ2n) is 8.09. The third kappa shape index (κ3) is 3.00. The minimum atomic E-state index is -0.0784. The maximum atomic E-state index is 10.1. The van der Waals surface area contributed by atoms with Crippen LogP contribution in [0.4, 0.5) is 0 Å². The molecule has 1 aliphatic carbocycles. The third-order valence-electron chi connectivity index (χ3n) is 6.07. The molecular weight excluding hydrogens is 234 g/mol. The molecule has 3 unspecified atom stereocenters. The number of rotatable bonds is 3. The maximum Gasteiger partial charge on any atom is 0.0555 e. The summed E-state index contributed by atoms with van der Waals surface area (Å²) in [5.74, 6) is 0.735. The second-order valence-corrected chi connectivity index (χ2v) is 8.09. The maximum absolute atomic E-state index is 10.1. The van der Waals surface area contributed by atoms with Gasteiger partial charge in [0.15, 0.2) is 0 Å². The molecular formula is C17H33NO. The van der Waals surface area contributed by atoms with Crippen LogP contribution in [-0.2, 0) is 0 Å². The fourth-order valence-electron chi connectivity index (χ4n) is 4.39. The van der Waals surface area contributed by atoms with Crippen LogP contribution in [0.25, 0.3) is 0 Å². The van der Waals surface area contributed by atoms with Crippen LogP contribution >= 0.6 is 0 Å². The van der Waals surface area contributed by atoms with Crippen LogP contribution in [0, 0.1) is 11.3 Å². The molecule has 0 bridgehead atoms. The lowest BCUT2D eigenvalue weighted by atomic mass is 9.66. The largest absolute Gasteiger partial charge is 0.393 e. The molecule has 0 amide bonds. The van der Waals surface area contributed by atoms with E-state index in [4.69, 9.17) is 0 Å². The van der Waals surface area contributed by atoms with E-state index in [9.17, 15) is 5.11 Å². The van der Waals surface area contributed by atoms with Crippen molar-refractivity contribution in [3.8, 4) is 0 Å². The first-order valence-corrected chi connectivity index (χ1v) is 8.23. The normalized spacial score (nSPS) is 36.6. The van der Waals surface area contributed by atoms with Gasteiger partial charge in [0.1, 0.15) is 0 Å². The highest BCUT2D eigenvalue weighted by molar-refractivity contribution is 5.00. The molecule has 19 heavy (non-hydrogen) atoms. The zero-order chi connectivity index (χ0) is 14.3. The molecule has 2 nitrogen and oxygen atoms in total. The van der Waals surface area contributed by atoms with E-state index in [1.54, 1.807) is 0 Å². The molecule has 2 aliphatic rings. The number of aliphatic hydroxyl groups is 1. The van der Waals surface area contributed by atoms with Gasteiger partial charge in [-0.15, -0.1) is 0 Å². The van der Waals surface area contributed by atoms with Gasteiger partial charge in [0, 0.05) is 11.6 Å². The van der Waals surface area contributed by atoms with E-state index in [0.29, 0.717) is 17.0 Å². The van der Waals surface area contributed by atoms with Gasteiger partial charge >= 0.3 is 0 Å². The van der Waals surface area contributed by atoms with Gasteiger partial charge in [0.05, 0.1) is 6.10 Å². The van der Waals surface area contributed by atoms with Crippen molar-refractivity contribution in [3.63, 3.8) is 0 Å².